The molecule has 35 heavy (non-hydrogen) atoms. The normalized spacial score (nSPS) is 12.9. The number of carbonyl (C=O) groups excluding carboxylic acids is 2. The van der Waals surface area contributed by atoms with Gasteiger partial charge in [0.2, 0.25) is 0 Å². The van der Waals surface area contributed by atoms with Crippen LogP contribution in [-0.2, 0) is 9.53 Å². The number of aliphatic hydroxyl groups excluding tert-OH is 1. The number of carbonyl (C=O) groups is 3. The molecule has 9 heteroatoms. The van der Waals surface area contributed by atoms with Gasteiger partial charge in [0.15, 0.2) is 6.10 Å². The molecule has 0 aromatic heterocycles. The van der Waals surface area contributed by atoms with E-state index < -0.39 is 24.1 Å². The van der Waals surface area contributed by atoms with E-state index in [9.17, 15) is 19.5 Å². The lowest BCUT2D eigenvalue weighted by molar-refractivity contribution is -0.146. The zero-order valence-electron chi connectivity index (χ0n) is 18.5. The van der Waals surface area contributed by atoms with Crippen LogP contribution in [0.2, 0.25) is 0 Å². The second kappa shape index (κ2) is 10.7. The number of halogens is 1. The molecule has 0 fully saturated rings. The third kappa shape index (κ3) is 5.52. The first-order valence-corrected chi connectivity index (χ1v) is 11.7. The molecule has 1 aliphatic rings. The average Bonchev–Trinajstić information content (AvgIpc) is 3.17. The number of carboxylic acid groups (broad SMARTS) is 1. The van der Waals surface area contributed by atoms with E-state index in [4.69, 9.17) is 9.84 Å². The maximum Gasteiger partial charge on any atom is 0.411 e. The molecule has 180 valence electrons. The molecule has 2 amide bonds. The Morgan fingerprint density at radius 1 is 0.971 bits per heavy atom. The molecule has 0 saturated carbocycles. The number of hydrogen-bond acceptors (Lipinski definition) is 5. The Morgan fingerprint density at radius 2 is 1.60 bits per heavy atom. The third-order valence-corrected chi connectivity index (χ3v) is 6.49. The number of amides is 2. The first-order valence-electron chi connectivity index (χ1n) is 11.0. The van der Waals surface area contributed by atoms with Crippen LogP contribution in [-0.4, -0.2) is 47.4 Å². The minimum Gasteiger partial charge on any atom is -0.479 e. The smallest absolute Gasteiger partial charge is 0.411 e. The van der Waals surface area contributed by atoms with Crippen molar-refractivity contribution < 1.29 is 29.3 Å². The van der Waals surface area contributed by atoms with Gasteiger partial charge in [-0.1, -0.05) is 48.5 Å². The molecule has 0 spiro atoms. The lowest BCUT2D eigenvalue weighted by atomic mass is 9.98. The van der Waals surface area contributed by atoms with Gasteiger partial charge in [0.25, 0.3) is 5.91 Å². The van der Waals surface area contributed by atoms with Crippen molar-refractivity contribution in [1.29, 1.82) is 0 Å². The number of aliphatic hydroxyl groups is 1. The Bertz CT molecular complexity index is 1230. The minimum atomic E-state index is -1.55. The molecule has 0 saturated heterocycles. The molecule has 3 aromatic rings. The maximum atomic E-state index is 12.6. The lowest BCUT2D eigenvalue weighted by Crippen LogP contribution is -2.30. The van der Waals surface area contributed by atoms with Crippen LogP contribution in [0.1, 0.15) is 33.8 Å². The van der Waals surface area contributed by atoms with Gasteiger partial charge < -0.3 is 20.3 Å². The number of benzene rings is 3. The van der Waals surface area contributed by atoms with Gasteiger partial charge in [-0.15, -0.1) is 0 Å². The van der Waals surface area contributed by atoms with Gasteiger partial charge in [0.1, 0.15) is 6.61 Å². The number of ether oxygens (including phenoxy) is 1. The molecule has 1 unspecified atom stereocenters. The summed E-state index contributed by atoms with van der Waals surface area (Å²) in [4.78, 5) is 35.6. The Morgan fingerprint density at radius 3 is 2.23 bits per heavy atom. The predicted octanol–water partition coefficient (Wildman–Crippen LogP) is 4.38. The summed E-state index contributed by atoms with van der Waals surface area (Å²) in [6.07, 6.45) is -2.33. The Labute approximate surface area is 210 Å². The topological polar surface area (TPSA) is 125 Å². The van der Waals surface area contributed by atoms with Crippen molar-refractivity contribution in [1.82, 2.24) is 5.32 Å². The molecule has 1 atom stereocenters. The highest BCUT2D eigenvalue weighted by Crippen LogP contribution is 2.44. The van der Waals surface area contributed by atoms with Crippen LogP contribution < -0.4 is 10.6 Å². The van der Waals surface area contributed by atoms with Crippen molar-refractivity contribution in [2.45, 2.75) is 18.4 Å². The summed E-state index contributed by atoms with van der Waals surface area (Å²) in [6, 6.07) is 20.7. The molecule has 3 aromatic carbocycles. The lowest BCUT2D eigenvalue weighted by Gasteiger charge is -2.15. The number of hydrogen-bond donors (Lipinski definition) is 4. The summed E-state index contributed by atoms with van der Waals surface area (Å²) in [7, 11) is 0. The summed E-state index contributed by atoms with van der Waals surface area (Å²) >= 11 is 3.36. The molecule has 0 radical (unpaired) electrons. The van der Waals surface area contributed by atoms with Crippen molar-refractivity contribution in [2.24, 2.45) is 0 Å². The van der Waals surface area contributed by atoms with Crippen LogP contribution in [0.3, 0.4) is 0 Å². The molecule has 8 nitrogen and oxygen atoms in total. The van der Waals surface area contributed by atoms with Crippen LogP contribution in [0.15, 0.2) is 71.2 Å². The summed E-state index contributed by atoms with van der Waals surface area (Å²) in [6.45, 7) is 0.140. The Balaban J connectivity index is 1.38. The monoisotopic (exact) mass is 538 g/mol. The van der Waals surface area contributed by atoms with Crippen molar-refractivity contribution in [3.8, 4) is 11.1 Å². The van der Waals surface area contributed by atoms with E-state index in [1.165, 1.54) is 6.07 Å². The van der Waals surface area contributed by atoms with Gasteiger partial charge in [-0.05, 0) is 56.4 Å². The number of nitrogens with one attached hydrogen (secondary N) is 2. The predicted molar refractivity (Wildman–Crippen MR) is 133 cm³/mol. The molecule has 0 bridgehead atoms. The number of rotatable bonds is 8. The van der Waals surface area contributed by atoms with Crippen molar-refractivity contribution in [3.63, 3.8) is 0 Å². The standard InChI is InChI=1S/C26H23BrN2O6/c27-21-10-9-15(24(31)28-12-11-23(30)25(32)33)13-22(21)29-26(34)35-14-20-18-7-3-1-5-16(18)17-6-2-4-8-19(17)20/h1-10,13,20,23,30H,11-12,14H2,(H,28,31)(H,29,34)(H,32,33). The Hall–Kier alpha value is -3.69. The molecule has 0 heterocycles. The van der Waals surface area contributed by atoms with Crippen LogP contribution in [0, 0.1) is 0 Å². The molecule has 0 aliphatic heterocycles. The highest BCUT2D eigenvalue weighted by molar-refractivity contribution is 9.10. The maximum absolute atomic E-state index is 12.6. The zero-order chi connectivity index (χ0) is 24.9. The summed E-state index contributed by atoms with van der Waals surface area (Å²) in [5.74, 6) is -1.89. The van der Waals surface area contributed by atoms with E-state index in [0.29, 0.717) is 10.2 Å². The van der Waals surface area contributed by atoms with Crippen LogP contribution >= 0.6 is 15.9 Å². The van der Waals surface area contributed by atoms with Gasteiger partial charge in [-0.2, -0.15) is 0 Å². The van der Waals surface area contributed by atoms with E-state index in [0.717, 1.165) is 22.3 Å². The fraction of sp³-hybridized carbons (Fsp3) is 0.192. The van der Waals surface area contributed by atoms with E-state index in [-0.39, 0.29) is 31.1 Å². The zero-order valence-corrected chi connectivity index (χ0v) is 20.1. The SMILES string of the molecule is O=C(Nc1cc(C(=O)NCCC(O)C(=O)O)ccc1Br)OCC1c2ccccc2-c2ccccc21. The average molecular weight is 539 g/mol. The van der Waals surface area contributed by atoms with Crippen molar-refractivity contribution in [3.05, 3.63) is 87.9 Å². The Kier molecular flexibility index (Phi) is 7.48. The van der Waals surface area contributed by atoms with Gasteiger partial charge in [0, 0.05) is 28.9 Å². The van der Waals surface area contributed by atoms with Crippen molar-refractivity contribution >= 4 is 39.6 Å². The van der Waals surface area contributed by atoms with Gasteiger partial charge in [-0.3, -0.25) is 10.1 Å². The first kappa shape index (κ1) is 24.4. The minimum absolute atomic E-state index is 0.0164. The molecule has 1 aliphatic carbocycles. The van der Waals surface area contributed by atoms with Crippen LogP contribution in [0.4, 0.5) is 10.5 Å². The first-order chi connectivity index (χ1) is 16.8. The van der Waals surface area contributed by atoms with Gasteiger partial charge >= 0.3 is 12.1 Å². The number of fused-ring (bicyclic) bond motifs is 3. The highest BCUT2D eigenvalue weighted by Gasteiger charge is 2.29. The van der Waals surface area contributed by atoms with Crippen molar-refractivity contribution in [2.75, 3.05) is 18.5 Å². The van der Waals surface area contributed by atoms with Gasteiger partial charge in [-0.25, -0.2) is 9.59 Å². The van der Waals surface area contributed by atoms with E-state index in [2.05, 4.69) is 38.7 Å². The van der Waals surface area contributed by atoms with E-state index in [1.54, 1.807) is 12.1 Å². The fourth-order valence-corrected chi connectivity index (χ4v) is 4.40. The third-order valence-electron chi connectivity index (χ3n) is 5.80. The highest BCUT2D eigenvalue weighted by atomic mass is 79.9. The largest absolute Gasteiger partial charge is 0.479 e. The second-order valence-electron chi connectivity index (χ2n) is 8.04. The van der Waals surface area contributed by atoms with Crippen LogP contribution in [0.5, 0.6) is 0 Å². The number of aliphatic carboxylic acids is 1. The van der Waals surface area contributed by atoms with Gasteiger partial charge in [0.05, 0.1) is 5.69 Å². The van der Waals surface area contributed by atoms with Crippen LogP contribution in [0.25, 0.3) is 11.1 Å². The second-order valence-corrected chi connectivity index (χ2v) is 8.90. The quantitative estimate of drug-likeness (QED) is 0.337. The molecule has 4 N–H and O–H groups in total. The summed E-state index contributed by atoms with van der Waals surface area (Å²) < 4.78 is 6.12. The summed E-state index contributed by atoms with van der Waals surface area (Å²) in [5.41, 5.74) is 5.08. The molecule has 4 rings (SSSR count). The molecular formula is C26H23BrN2O6. The molecular weight excluding hydrogens is 516 g/mol. The van der Waals surface area contributed by atoms with E-state index in [1.807, 2.05) is 36.4 Å². The number of anilines is 1. The fourth-order valence-electron chi connectivity index (χ4n) is 4.05. The summed E-state index contributed by atoms with van der Waals surface area (Å²) in [5, 5.41) is 23.2. The van der Waals surface area contributed by atoms with E-state index >= 15 is 0 Å². The number of carboxylic acids is 1.